The highest BCUT2D eigenvalue weighted by atomic mass is 16.3. The molecule has 0 aliphatic carbocycles. The smallest absolute Gasteiger partial charge is 0.143 e. The predicted octanol–water partition coefficient (Wildman–Crippen LogP) is 11.1. The number of para-hydroxylation sites is 5. The van der Waals surface area contributed by atoms with Crippen molar-refractivity contribution in [1.82, 2.24) is 10.6 Å². The van der Waals surface area contributed by atoms with Crippen molar-refractivity contribution < 1.29 is 13.3 Å². The van der Waals surface area contributed by atoms with Crippen LogP contribution in [-0.4, -0.2) is 0 Å². The summed E-state index contributed by atoms with van der Waals surface area (Å²) in [6.45, 7) is 0.552. The molecule has 10 rings (SSSR count). The van der Waals surface area contributed by atoms with Crippen LogP contribution in [0.1, 0.15) is 29.0 Å². The van der Waals surface area contributed by atoms with Crippen molar-refractivity contribution in [3.63, 3.8) is 0 Å². The van der Waals surface area contributed by atoms with Gasteiger partial charge in [-0.05, 0) is 35.4 Å². The Kier molecular flexibility index (Phi) is 6.99. The third-order valence-corrected chi connectivity index (χ3v) is 10.0. The molecule has 246 valence electrons. The van der Waals surface area contributed by atoms with E-state index in [1.807, 2.05) is 66.7 Å². The van der Waals surface area contributed by atoms with Crippen molar-refractivity contribution in [2.45, 2.75) is 18.9 Å². The molecule has 4 N–H and O–H groups in total. The molecular formula is C45H33N3O3. The minimum Gasteiger partial charge on any atom is -0.456 e. The number of nitrogens with one attached hydrogen (secondary N) is 2. The van der Waals surface area contributed by atoms with Crippen molar-refractivity contribution in [1.29, 1.82) is 0 Å². The molecule has 0 fully saturated rings. The molecular weight excluding hydrogens is 631 g/mol. The molecule has 0 saturated heterocycles. The summed E-state index contributed by atoms with van der Waals surface area (Å²) in [5, 5.41) is 13.9. The highest BCUT2D eigenvalue weighted by Gasteiger charge is 2.21. The number of fused-ring (bicyclic) bond motifs is 9. The molecule has 0 aliphatic rings. The van der Waals surface area contributed by atoms with Crippen LogP contribution >= 0.6 is 0 Å². The van der Waals surface area contributed by atoms with Crippen LogP contribution in [0.4, 0.5) is 0 Å². The van der Waals surface area contributed by atoms with E-state index in [9.17, 15) is 0 Å². The van der Waals surface area contributed by atoms with E-state index >= 15 is 0 Å². The van der Waals surface area contributed by atoms with E-state index in [-0.39, 0.29) is 6.17 Å². The number of nitrogens with two attached hydrogens (primary N) is 1. The van der Waals surface area contributed by atoms with Gasteiger partial charge in [0.25, 0.3) is 0 Å². The lowest BCUT2D eigenvalue weighted by Gasteiger charge is -2.25. The van der Waals surface area contributed by atoms with Gasteiger partial charge in [-0.3, -0.25) is 10.6 Å². The van der Waals surface area contributed by atoms with Gasteiger partial charge in [-0.2, -0.15) is 0 Å². The molecule has 51 heavy (non-hydrogen) atoms. The minimum atomic E-state index is -0.497. The van der Waals surface area contributed by atoms with Gasteiger partial charge in [0.1, 0.15) is 33.5 Å². The Bertz CT molecular complexity index is 2880. The van der Waals surface area contributed by atoms with Crippen LogP contribution in [0.2, 0.25) is 0 Å². The Balaban J connectivity index is 0.978. The summed E-state index contributed by atoms with van der Waals surface area (Å²) in [5.74, 6) is 0. The lowest BCUT2D eigenvalue weighted by atomic mass is 10.0. The zero-order chi connectivity index (χ0) is 33.9. The fraction of sp³-hybridized carbons (Fsp3) is 0.0667. The van der Waals surface area contributed by atoms with E-state index in [4.69, 9.17) is 19.0 Å². The second kappa shape index (κ2) is 12.0. The van der Waals surface area contributed by atoms with Crippen LogP contribution < -0.4 is 16.4 Å². The first-order valence-corrected chi connectivity index (χ1v) is 17.2. The summed E-state index contributed by atoms with van der Waals surface area (Å²) in [6.07, 6.45) is -0.750. The number of rotatable bonds is 8. The number of hydrogen-bond donors (Lipinski definition) is 3. The molecule has 6 nitrogen and oxygen atoms in total. The van der Waals surface area contributed by atoms with Crippen molar-refractivity contribution in [2.75, 3.05) is 0 Å². The Hall–Kier alpha value is -6.18. The molecule has 0 radical (unpaired) electrons. The normalized spacial score (nSPS) is 13.3. The summed E-state index contributed by atoms with van der Waals surface area (Å²) in [6, 6.07) is 51.8. The van der Waals surface area contributed by atoms with Gasteiger partial charge in [0, 0.05) is 55.6 Å². The quantitative estimate of drug-likeness (QED) is 0.140. The first kappa shape index (κ1) is 29.7. The average Bonchev–Trinajstić information content (AvgIpc) is 3.88. The summed E-state index contributed by atoms with van der Waals surface area (Å²) < 4.78 is 19.3. The molecule has 0 spiro atoms. The zero-order valence-electron chi connectivity index (χ0n) is 27.6. The Morgan fingerprint density at radius 1 is 0.490 bits per heavy atom. The molecule has 6 heteroatoms. The summed E-state index contributed by atoms with van der Waals surface area (Å²) in [4.78, 5) is 0. The zero-order valence-corrected chi connectivity index (χ0v) is 27.6. The van der Waals surface area contributed by atoms with Crippen LogP contribution in [0.5, 0.6) is 0 Å². The largest absolute Gasteiger partial charge is 0.456 e. The van der Waals surface area contributed by atoms with Crippen molar-refractivity contribution >= 4 is 65.8 Å². The predicted molar refractivity (Wildman–Crippen MR) is 206 cm³/mol. The summed E-state index contributed by atoms with van der Waals surface area (Å²) >= 11 is 0. The highest BCUT2D eigenvalue weighted by Crippen LogP contribution is 2.39. The molecule has 2 atom stereocenters. The van der Waals surface area contributed by atoms with Crippen molar-refractivity contribution in [2.24, 2.45) is 5.73 Å². The SMILES string of the molecule is NC(NC(NCc1cccc2c1oc1cc(-c3cccc4c3oc3ccccc34)ccc12)c1ccccc1)c1cccc2c1oc1ccccc12. The number of benzene rings is 7. The second-order valence-corrected chi connectivity index (χ2v) is 13.1. The molecule has 0 bridgehead atoms. The minimum absolute atomic E-state index is 0.253. The van der Waals surface area contributed by atoms with Gasteiger partial charge in [0.2, 0.25) is 0 Å². The van der Waals surface area contributed by atoms with Crippen LogP contribution in [0, 0.1) is 0 Å². The Labute approximate surface area is 293 Å². The maximum Gasteiger partial charge on any atom is 0.143 e. The van der Waals surface area contributed by atoms with E-state index in [2.05, 4.69) is 95.6 Å². The van der Waals surface area contributed by atoms with E-state index in [0.717, 1.165) is 93.6 Å². The highest BCUT2D eigenvalue weighted by molar-refractivity contribution is 6.11. The fourth-order valence-corrected chi connectivity index (χ4v) is 7.55. The summed E-state index contributed by atoms with van der Waals surface area (Å²) in [7, 11) is 0. The fourth-order valence-electron chi connectivity index (χ4n) is 7.55. The van der Waals surface area contributed by atoms with E-state index in [1.54, 1.807) is 0 Å². The maximum absolute atomic E-state index is 6.91. The maximum atomic E-state index is 6.91. The second-order valence-electron chi connectivity index (χ2n) is 13.1. The summed E-state index contributed by atoms with van der Waals surface area (Å²) in [5.41, 5.74) is 17.2. The Morgan fingerprint density at radius 3 is 1.86 bits per heavy atom. The lowest BCUT2D eigenvalue weighted by Crippen LogP contribution is -2.39. The molecule has 0 saturated carbocycles. The molecule has 7 aromatic carbocycles. The third kappa shape index (κ3) is 5.00. The average molecular weight is 664 g/mol. The van der Waals surface area contributed by atoms with Crippen LogP contribution in [0.3, 0.4) is 0 Å². The molecule has 3 aromatic heterocycles. The molecule has 3 heterocycles. The molecule has 0 aliphatic heterocycles. The van der Waals surface area contributed by atoms with Gasteiger partial charge in [-0.1, -0.05) is 127 Å². The standard InChI is InChI=1S/C45H33N3O3/c46-44(37-20-10-19-36-32-15-5-7-22-39(32)50-43(36)37)48-45(27-11-2-1-3-12-27)47-26-29-13-8-17-34-33-24-23-28(25-40(33)51-41(29)34)30-16-9-18-35-31-14-4-6-21-38(31)49-42(30)35/h1-25,44-45,47-48H,26,46H2. The van der Waals surface area contributed by atoms with E-state index in [0.29, 0.717) is 6.54 Å². The van der Waals surface area contributed by atoms with Gasteiger partial charge in [0.15, 0.2) is 0 Å². The van der Waals surface area contributed by atoms with Crippen LogP contribution in [-0.2, 0) is 6.54 Å². The van der Waals surface area contributed by atoms with Crippen molar-refractivity contribution in [3.05, 3.63) is 168 Å². The number of furan rings is 3. The third-order valence-electron chi connectivity index (χ3n) is 10.0. The van der Waals surface area contributed by atoms with Gasteiger partial charge >= 0.3 is 0 Å². The van der Waals surface area contributed by atoms with E-state index in [1.165, 1.54) is 0 Å². The number of hydrogen-bond acceptors (Lipinski definition) is 6. The van der Waals surface area contributed by atoms with Gasteiger partial charge in [-0.25, -0.2) is 0 Å². The molecule has 2 unspecified atom stereocenters. The monoisotopic (exact) mass is 663 g/mol. The molecule has 10 aromatic rings. The van der Waals surface area contributed by atoms with Crippen LogP contribution in [0.25, 0.3) is 76.9 Å². The van der Waals surface area contributed by atoms with Gasteiger partial charge < -0.3 is 19.0 Å². The van der Waals surface area contributed by atoms with Gasteiger partial charge in [0.05, 0.1) is 12.3 Å². The Morgan fingerprint density at radius 2 is 1.08 bits per heavy atom. The van der Waals surface area contributed by atoms with Crippen LogP contribution in [0.15, 0.2) is 165 Å². The van der Waals surface area contributed by atoms with Gasteiger partial charge in [-0.15, -0.1) is 0 Å². The lowest BCUT2D eigenvalue weighted by molar-refractivity contribution is 0.385. The van der Waals surface area contributed by atoms with E-state index < -0.39 is 6.17 Å². The topological polar surface area (TPSA) is 89.5 Å². The van der Waals surface area contributed by atoms with Crippen molar-refractivity contribution in [3.8, 4) is 11.1 Å². The molecule has 0 amide bonds. The first-order valence-electron chi connectivity index (χ1n) is 17.2. The first-order chi connectivity index (χ1) is 25.2.